The molecule has 0 atom stereocenters. The van der Waals surface area contributed by atoms with Crippen LogP contribution in [0.15, 0.2) is 16.9 Å². The van der Waals surface area contributed by atoms with E-state index in [-0.39, 0.29) is 11.3 Å². The van der Waals surface area contributed by atoms with Crippen LogP contribution in [0.3, 0.4) is 0 Å². The molecule has 0 unspecified atom stereocenters. The SMILES string of the molecule is Cc1cc(=O)cc(C)n1CC(=O)N1CCNCC1. The molecule has 0 bridgehead atoms. The van der Waals surface area contributed by atoms with Crippen molar-refractivity contribution in [2.24, 2.45) is 0 Å². The van der Waals surface area contributed by atoms with Gasteiger partial charge in [0.15, 0.2) is 5.43 Å². The van der Waals surface area contributed by atoms with Crippen LogP contribution in [-0.4, -0.2) is 41.6 Å². The maximum Gasteiger partial charge on any atom is 0.242 e. The first kappa shape index (κ1) is 12.8. The number of carbonyl (C=O) groups excluding carboxylic acids is 1. The molecule has 1 aliphatic heterocycles. The van der Waals surface area contributed by atoms with Gasteiger partial charge in [0.2, 0.25) is 5.91 Å². The first-order valence-electron chi connectivity index (χ1n) is 6.24. The number of aryl methyl sites for hydroxylation is 2. The van der Waals surface area contributed by atoms with Crippen molar-refractivity contribution in [3.63, 3.8) is 0 Å². The zero-order chi connectivity index (χ0) is 13.1. The lowest BCUT2D eigenvalue weighted by Crippen LogP contribution is -2.47. The first-order valence-corrected chi connectivity index (χ1v) is 6.24. The summed E-state index contributed by atoms with van der Waals surface area (Å²) in [6.07, 6.45) is 0. The number of piperazine rings is 1. The molecule has 1 N–H and O–H groups in total. The third-order valence-corrected chi connectivity index (χ3v) is 3.32. The normalized spacial score (nSPS) is 15.8. The van der Waals surface area contributed by atoms with E-state index >= 15 is 0 Å². The Kier molecular flexibility index (Phi) is 3.81. The summed E-state index contributed by atoms with van der Waals surface area (Å²) >= 11 is 0. The molecule has 1 aromatic rings. The minimum atomic E-state index is -0.00382. The smallest absolute Gasteiger partial charge is 0.242 e. The molecular formula is C13H19N3O2. The third-order valence-electron chi connectivity index (χ3n) is 3.32. The van der Waals surface area contributed by atoms with Crippen LogP contribution < -0.4 is 10.7 Å². The second-order valence-electron chi connectivity index (χ2n) is 4.69. The molecule has 1 saturated heterocycles. The fourth-order valence-electron chi connectivity index (χ4n) is 2.29. The van der Waals surface area contributed by atoms with Gasteiger partial charge < -0.3 is 14.8 Å². The van der Waals surface area contributed by atoms with Gasteiger partial charge in [-0.05, 0) is 13.8 Å². The van der Waals surface area contributed by atoms with E-state index in [2.05, 4.69) is 5.32 Å². The number of nitrogens with one attached hydrogen (secondary N) is 1. The highest BCUT2D eigenvalue weighted by Gasteiger charge is 2.17. The van der Waals surface area contributed by atoms with E-state index in [0.29, 0.717) is 6.54 Å². The van der Waals surface area contributed by atoms with Gasteiger partial charge in [-0.3, -0.25) is 9.59 Å². The average Bonchev–Trinajstić information content (AvgIpc) is 2.34. The Bertz CT molecular complexity index is 475. The minimum Gasteiger partial charge on any atom is -0.340 e. The Morgan fingerprint density at radius 3 is 2.33 bits per heavy atom. The van der Waals surface area contributed by atoms with Crippen LogP contribution in [-0.2, 0) is 11.3 Å². The second kappa shape index (κ2) is 5.35. The largest absolute Gasteiger partial charge is 0.340 e. The van der Waals surface area contributed by atoms with Crippen molar-refractivity contribution in [3.05, 3.63) is 33.7 Å². The Balaban J connectivity index is 2.13. The zero-order valence-corrected chi connectivity index (χ0v) is 10.9. The number of pyridine rings is 1. The monoisotopic (exact) mass is 249 g/mol. The lowest BCUT2D eigenvalue weighted by Gasteiger charge is -2.28. The van der Waals surface area contributed by atoms with E-state index in [1.807, 2.05) is 23.3 Å². The first-order chi connectivity index (χ1) is 8.58. The van der Waals surface area contributed by atoms with E-state index in [1.54, 1.807) is 12.1 Å². The van der Waals surface area contributed by atoms with Gasteiger partial charge in [-0.1, -0.05) is 0 Å². The van der Waals surface area contributed by atoms with Crippen molar-refractivity contribution in [1.82, 2.24) is 14.8 Å². The number of amides is 1. The van der Waals surface area contributed by atoms with Crippen molar-refractivity contribution in [3.8, 4) is 0 Å². The summed E-state index contributed by atoms with van der Waals surface area (Å²) in [5, 5.41) is 3.22. The lowest BCUT2D eigenvalue weighted by atomic mass is 10.2. The van der Waals surface area contributed by atoms with E-state index in [9.17, 15) is 9.59 Å². The highest BCUT2D eigenvalue weighted by Crippen LogP contribution is 2.04. The van der Waals surface area contributed by atoms with Gasteiger partial charge in [0.25, 0.3) is 0 Å². The number of carbonyl (C=O) groups is 1. The van der Waals surface area contributed by atoms with Crippen LogP contribution in [0.5, 0.6) is 0 Å². The Labute approximate surface area is 106 Å². The van der Waals surface area contributed by atoms with Crippen molar-refractivity contribution >= 4 is 5.91 Å². The van der Waals surface area contributed by atoms with Crippen LogP contribution in [0, 0.1) is 13.8 Å². The van der Waals surface area contributed by atoms with E-state index in [4.69, 9.17) is 0 Å². The van der Waals surface area contributed by atoms with E-state index in [1.165, 1.54) is 0 Å². The molecule has 0 radical (unpaired) electrons. The third kappa shape index (κ3) is 2.79. The van der Waals surface area contributed by atoms with Crippen molar-refractivity contribution in [2.75, 3.05) is 26.2 Å². The maximum atomic E-state index is 12.2. The van der Waals surface area contributed by atoms with E-state index in [0.717, 1.165) is 37.6 Å². The summed E-state index contributed by atoms with van der Waals surface area (Å²) in [4.78, 5) is 25.4. The summed E-state index contributed by atoms with van der Waals surface area (Å²) in [6.45, 7) is 7.27. The number of hydrogen-bond acceptors (Lipinski definition) is 3. The Hall–Kier alpha value is -1.62. The summed E-state index contributed by atoms with van der Waals surface area (Å²) < 4.78 is 1.89. The molecule has 2 rings (SSSR count). The van der Waals surface area contributed by atoms with Crippen molar-refractivity contribution in [2.45, 2.75) is 20.4 Å². The number of hydrogen-bond donors (Lipinski definition) is 1. The second-order valence-corrected chi connectivity index (χ2v) is 4.69. The summed E-state index contributed by atoms with van der Waals surface area (Å²) in [7, 11) is 0. The van der Waals surface area contributed by atoms with Crippen LogP contribution in [0.25, 0.3) is 0 Å². The van der Waals surface area contributed by atoms with Crippen LogP contribution in [0.2, 0.25) is 0 Å². The minimum absolute atomic E-state index is 0.00382. The fraction of sp³-hybridized carbons (Fsp3) is 0.538. The molecule has 1 aliphatic rings. The molecule has 98 valence electrons. The molecular weight excluding hydrogens is 230 g/mol. The molecule has 1 fully saturated rings. The van der Waals surface area contributed by atoms with Gasteiger partial charge in [0.1, 0.15) is 6.54 Å². The van der Waals surface area contributed by atoms with Gasteiger partial charge in [0, 0.05) is 49.7 Å². The molecule has 18 heavy (non-hydrogen) atoms. The van der Waals surface area contributed by atoms with Crippen LogP contribution >= 0.6 is 0 Å². The van der Waals surface area contributed by atoms with Crippen molar-refractivity contribution < 1.29 is 4.79 Å². The Morgan fingerprint density at radius 2 is 1.78 bits per heavy atom. The topological polar surface area (TPSA) is 54.3 Å². The lowest BCUT2D eigenvalue weighted by molar-refractivity contribution is -0.132. The molecule has 5 heteroatoms. The van der Waals surface area contributed by atoms with Gasteiger partial charge in [-0.2, -0.15) is 0 Å². The van der Waals surface area contributed by atoms with Crippen LogP contribution in [0.1, 0.15) is 11.4 Å². The predicted octanol–water partition coefficient (Wildman–Crippen LogP) is -0.103. The van der Waals surface area contributed by atoms with Gasteiger partial charge >= 0.3 is 0 Å². The van der Waals surface area contributed by atoms with Gasteiger partial charge in [-0.15, -0.1) is 0 Å². The molecule has 5 nitrogen and oxygen atoms in total. The molecule has 0 aliphatic carbocycles. The number of rotatable bonds is 2. The highest BCUT2D eigenvalue weighted by atomic mass is 16.2. The van der Waals surface area contributed by atoms with Crippen LogP contribution in [0.4, 0.5) is 0 Å². The maximum absolute atomic E-state index is 12.2. The molecule has 2 heterocycles. The standard InChI is InChI=1S/C13H19N3O2/c1-10-7-12(17)8-11(2)16(10)9-13(18)15-5-3-14-4-6-15/h7-8,14H,3-6,9H2,1-2H3. The molecule has 1 aromatic heterocycles. The number of aromatic nitrogens is 1. The quantitative estimate of drug-likeness (QED) is 0.796. The molecule has 1 amide bonds. The predicted molar refractivity (Wildman–Crippen MR) is 69.6 cm³/mol. The summed E-state index contributed by atoms with van der Waals surface area (Å²) in [6, 6.07) is 3.13. The van der Waals surface area contributed by atoms with E-state index < -0.39 is 0 Å². The zero-order valence-electron chi connectivity index (χ0n) is 10.9. The summed E-state index contributed by atoms with van der Waals surface area (Å²) in [5.74, 6) is 0.117. The molecule has 0 saturated carbocycles. The van der Waals surface area contributed by atoms with Gasteiger partial charge in [-0.25, -0.2) is 0 Å². The number of nitrogens with zero attached hydrogens (tertiary/aromatic N) is 2. The fourth-order valence-corrected chi connectivity index (χ4v) is 2.29. The highest BCUT2D eigenvalue weighted by molar-refractivity contribution is 5.76. The average molecular weight is 249 g/mol. The van der Waals surface area contributed by atoms with Gasteiger partial charge in [0.05, 0.1) is 0 Å². The Morgan fingerprint density at radius 1 is 1.22 bits per heavy atom. The summed E-state index contributed by atoms with van der Waals surface area (Å²) in [5.41, 5.74) is 1.67. The van der Waals surface area contributed by atoms with Crippen molar-refractivity contribution in [1.29, 1.82) is 0 Å². The molecule has 0 aromatic carbocycles. The molecule has 0 spiro atoms.